The zero-order valence-electron chi connectivity index (χ0n) is 9.89. The van der Waals surface area contributed by atoms with Crippen molar-refractivity contribution in [1.82, 2.24) is 10.2 Å². The number of nitrogens with two attached hydrogens (primary N) is 1. The Morgan fingerprint density at radius 2 is 1.86 bits per heavy atom. The lowest BCUT2D eigenvalue weighted by Gasteiger charge is -2.18. The van der Waals surface area contributed by atoms with Crippen LogP contribution in [-0.2, 0) is 0 Å². The molecule has 86 valence electrons. The first kappa shape index (κ1) is 13.9. The summed E-state index contributed by atoms with van der Waals surface area (Å²) in [5.41, 5.74) is 5.52. The Hall–Kier alpha value is -0.120. The van der Waals surface area contributed by atoms with Crippen molar-refractivity contribution in [2.24, 2.45) is 5.73 Å². The fraction of sp³-hybridized carbons (Fsp3) is 1.00. The van der Waals surface area contributed by atoms with Crippen LogP contribution in [0, 0.1) is 0 Å². The predicted octanol–water partition coefficient (Wildman–Crippen LogP) is 1.05. The molecule has 0 aromatic rings. The van der Waals surface area contributed by atoms with Crippen LogP contribution in [0.5, 0.6) is 0 Å². The number of unbranched alkanes of at least 4 members (excludes halogenated alkanes) is 1. The Morgan fingerprint density at radius 3 is 2.43 bits per heavy atom. The highest BCUT2D eigenvalue weighted by atomic mass is 15.1. The first-order chi connectivity index (χ1) is 6.85. The third-order valence-corrected chi connectivity index (χ3v) is 2.40. The van der Waals surface area contributed by atoms with Crippen molar-refractivity contribution in [3.63, 3.8) is 0 Å². The number of hydrogen-bond donors (Lipinski definition) is 2. The maximum Gasteiger partial charge on any atom is 0.0104 e. The highest BCUT2D eigenvalue weighted by Gasteiger charge is 1.99. The lowest BCUT2D eigenvalue weighted by Crippen LogP contribution is -2.30. The van der Waals surface area contributed by atoms with Gasteiger partial charge in [-0.05, 0) is 45.4 Å². The molecule has 0 heterocycles. The fourth-order valence-electron chi connectivity index (χ4n) is 1.50. The van der Waals surface area contributed by atoms with Crippen LogP contribution in [0.4, 0.5) is 0 Å². The van der Waals surface area contributed by atoms with E-state index in [1.165, 1.54) is 25.8 Å². The van der Waals surface area contributed by atoms with Crippen molar-refractivity contribution in [2.45, 2.75) is 33.1 Å². The molecule has 3 heteroatoms. The summed E-state index contributed by atoms with van der Waals surface area (Å²) in [6, 6.07) is 0. The van der Waals surface area contributed by atoms with Gasteiger partial charge in [-0.3, -0.25) is 0 Å². The lowest BCUT2D eigenvalue weighted by atomic mass is 10.3. The smallest absolute Gasteiger partial charge is 0.0104 e. The molecule has 0 aliphatic carbocycles. The van der Waals surface area contributed by atoms with E-state index in [9.17, 15) is 0 Å². The van der Waals surface area contributed by atoms with E-state index in [1.807, 2.05) is 0 Å². The molecule has 0 spiro atoms. The standard InChI is InChI=1S/C11H27N3/c1-3-8-13-9-5-6-10-14(4-2)11-7-12/h13H,3-12H2,1-2H3. The maximum absolute atomic E-state index is 5.52. The maximum atomic E-state index is 5.52. The van der Waals surface area contributed by atoms with Crippen LogP contribution in [-0.4, -0.2) is 44.2 Å². The second-order valence-corrected chi connectivity index (χ2v) is 3.68. The highest BCUT2D eigenvalue weighted by Crippen LogP contribution is 1.93. The topological polar surface area (TPSA) is 41.3 Å². The molecule has 0 atom stereocenters. The van der Waals surface area contributed by atoms with Crippen LogP contribution < -0.4 is 11.1 Å². The lowest BCUT2D eigenvalue weighted by molar-refractivity contribution is 0.289. The molecule has 0 bridgehead atoms. The molecule has 0 rings (SSSR count). The summed E-state index contributed by atoms with van der Waals surface area (Å²) >= 11 is 0. The largest absolute Gasteiger partial charge is 0.329 e. The van der Waals surface area contributed by atoms with Crippen LogP contribution in [0.1, 0.15) is 33.1 Å². The van der Waals surface area contributed by atoms with Crippen LogP contribution in [0.3, 0.4) is 0 Å². The molecule has 0 saturated carbocycles. The van der Waals surface area contributed by atoms with Crippen LogP contribution in [0.25, 0.3) is 0 Å². The van der Waals surface area contributed by atoms with Gasteiger partial charge in [0, 0.05) is 13.1 Å². The summed E-state index contributed by atoms with van der Waals surface area (Å²) in [5.74, 6) is 0. The van der Waals surface area contributed by atoms with Crippen LogP contribution in [0.15, 0.2) is 0 Å². The predicted molar refractivity (Wildman–Crippen MR) is 63.6 cm³/mol. The minimum Gasteiger partial charge on any atom is -0.329 e. The molecule has 14 heavy (non-hydrogen) atoms. The fourth-order valence-corrected chi connectivity index (χ4v) is 1.50. The van der Waals surface area contributed by atoms with Crippen molar-refractivity contribution in [1.29, 1.82) is 0 Å². The van der Waals surface area contributed by atoms with Crippen molar-refractivity contribution in [2.75, 3.05) is 39.3 Å². The first-order valence-electron chi connectivity index (χ1n) is 5.98. The molecule has 0 radical (unpaired) electrons. The van der Waals surface area contributed by atoms with Crippen molar-refractivity contribution >= 4 is 0 Å². The molecular formula is C11H27N3. The Kier molecular flexibility index (Phi) is 10.9. The molecule has 0 amide bonds. The van der Waals surface area contributed by atoms with Crippen molar-refractivity contribution < 1.29 is 0 Å². The summed E-state index contributed by atoms with van der Waals surface area (Å²) in [5, 5.41) is 3.42. The highest BCUT2D eigenvalue weighted by molar-refractivity contribution is 4.56. The van der Waals surface area contributed by atoms with Crippen LogP contribution in [0.2, 0.25) is 0 Å². The number of hydrogen-bond acceptors (Lipinski definition) is 3. The third kappa shape index (κ3) is 8.48. The number of rotatable bonds is 10. The molecule has 0 aromatic carbocycles. The van der Waals surface area contributed by atoms with Gasteiger partial charge >= 0.3 is 0 Å². The molecule has 0 aliphatic heterocycles. The van der Waals surface area contributed by atoms with E-state index < -0.39 is 0 Å². The summed E-state index contributed by atoms with van der Waals surface area (Å²) in [6.07, 6.45) is 3.79. The zero-order chi connectivity index (χ0) is 10.6. The second kappa shape index (κ2) is 11.0. The normalized spacial score (nSPS) is 11.1. The number of likely N-dealkylation sites (N-methyl/N-ethyl adjacent to an activating group) is 1. The van der Waals surface area contributed by atoms with Gasteiger partial charge in [0.15, 0.2) is 0 Å². The quantitative estimate of drug-likeness (QED) is 0.519. The van der Waals surface area contributed by atoms with Gasteiger partial charge in [0.05, 0.1) is 0 Å². The average molecular weight is 201 g/mol. The van der Waals surface area contributed by atoms with E-state index >= 15 is 0 Å². The molecule has 0 unspecified atom stereocenters. The molecule has 0 aromatic heterocycles. The van der Waals surface area contributed by atoms with E-state index in [0.717, 1.165) is 32.7 Å². The minimum absolute atomic E-state index is 0.780. The molecule has 0 aliphatic rings. The molecule has 3 nitrogen and oxygen atoms in total. The molecule has 0 saturated heterocycles. The monoisotopic (exact) mass is 201 g/mol. The summed E-state index contributed by atoms with van der Waals surface area (Å²) in [6.45, 7) is 10.9. The third-order valence-electron chi connectivity index (χ3n) is 2.40. The summed E-state index contributed by atoms with van der Waals surface area (Å²) in [4.78, 5) is 2.42. The Balaban J connectivity index is 3.15. The van der Waals surface area contributed by atoms with Crippen molar-refractivity contribution in [3.05, 3.63) is 0 Å². The first-order valence-corrected chi connectivity index (χ1v) is 5.98. The van der Waals surface area contributed by atoms with E-state index in [2.05, 4.69) is 24.1 Å². The van der Waals surface area contributed by atoms with E-state index in [0.29, 0.717) is 0 Å². The molecular weight excluding hydrogens is 174 g/mol. The van der Waals surface area contributed by atoms with Crippen molar-refractivity contribution in [3.8, 4) is 0 Å². The van der Waals surface area contributed by atoms with E-state index in [1.54, 1.807) is 0 Å². The van der Waals surface area contributed by atoms with Gasteiger partial charge in [-0.2, -0.15) is 0 Å². The van der Waals surface area contributed by atoms with Gasteiger partial charge < -0.3 is 16.0 Å². The average Bonchev–Trinajstić information content (AvgIpc) is 2.21. The summed E-state index contributed by atoms with van der Waals surface area (Å²) < 4.78 is 0. The van der Waals surface area contributed by atoms with Gasteiger partial charge in [0.25, 0.3) is 0 Å². The number of nitrogens with one attached hydrogen (secondary N) is 1. The second-order valence-electron chi connectivity index (χ2n) is 3.68. The van der Waals surface area contributed by atoms with Gasteiger partial charge in [-0.15, -0.1) is 0 Å². The van der Waals surface area contributed by atoms with Gasteiger partial charge in [-0.25, -0.2) is 0 Å². The number of nitrogens with zero attached hydrogens (tertiary/aromatic N) is 1. The molecule has 3 N–H and O–H groups in total. The minimum atomic E-state index is 0.780. The van der Waals surface area contributed by atoms with E-state index in [-0.39, 0.29) is 0 Å². The summed E-state index contributed by atoms with van der Waals surface area (Å²) in [7, 11) is 0. The van der Waals surface area contributed by atoms with Gasteiger partial charge in [-0.1, -0.05) is 13.8 Å². The van der Waals surface area contributed by atoms with E-state index in [4.69, 9.17) is 5.73 Å². The van der Waals surface area contributed by atoms with Gasteiger partial charge in [0.1, 0.15) is 0 Å². The van der Waals surface area contributed by atoms with Gasteiger partial charge in [0.2, 0.25) is 0 Å². The zero-order valence-corrected chi connectivity index (χ0v) is 9.89. The Bertz CT molecular complexity index is 107. The Labute approximate surface area is 89.0 Å². The SMILES string of the molecule is CCCNCCCCN(CC)CCN. The van der Waals surface area contributed by atoms with Crippen LogP contribution >= 0.6 is 0 Å². The molecule has 0 fully saturated rings. The Morgan fingerprint density at radius 1 is 1.07 bits per heavy atom.